The van der Waals surface area contributed by atoms with Gasteiger partial charge in [-0.3, -0.25) is 24.6 Å². The molecule has 1 aliphatic heterocycles. The molecule has 2 aromatic rings. The summed E-state index contributed by atoms with van der Waals surface area (Å²) in [4.78, 5) is 36.4. The first-order chi connectivity index (χ1) is 10.5. The van der Waals surface area contributed by atoms with Crippen molar-refractivity contribution in [1.29, 1.82) is 0 Å². The average Bonchev–Trinajstić information content (AvgIpc) is 2.74. The molecule has 6 nitrogen and oxygen atoms in total. The zero-order chi connectivity index (χ0) is 15.9. The molecule has 6 heteroatoms. The molecule has 0 bridgehead atoms. The minimum absolute atomic E-state index is 0.0865. The Kier molecular flexibility index (Phi) is 3.21. The predicted octanol–water partition coefficient (Wildman–Crippen LogP) is 2.70. The largest absolute Gasteiger partial charge is 0.274 e. The van der Waals surface area contributed by atoms with Gasteiger partial charge in [-0.1, -0.05) is 24.3 Å². The van der Waals surface area contributed by atoms with E-state index in [1.165, 1.54) is 6.07 Å². The summed E-state index contributed by atoms with van der Waals surface area (Å²) in [6.07, 6.45) is 0. The summed E-state index contributed by atoms with van der Waals surface area (Å²) in [6.45, 7) is 1.62. The topological polar surface area (TPSA) is 80.5 Å². The number of aryl methyl sites for hydroxylation is 1. The summed E-state index contributed by atoms with van der Waals surface area (Å²) in [5, 5.41) is 11.1. The first-order valence-electron chi connectivity index (χ1n) is 6.69. The number of hydrogen-bond donors (Lipinski definition) is 0. The molecular formula is C16H12N2O4. The number of carbonyl (C=O) groups is 2. The highest BCUT2D eigenvalue weighted by atomic mass is 16.6. The Balaban J connectivity index is 2.01. The summed E-state index contributed by atoms with van der Waals surface area (Å²) in [7, 11) is 0. The highest BCUT2D eigenvalue weighted by molar-refractivity contribution is 6.21. The third kappa shape index (κ3) is 2.05. The second-order valence-corrected chi connectivity index (χ2v) is 5.07. The summed E-state index contributed by atoms with van der Waals surface area (Å²) in [6, 6.07) is 11.2. The number of amides is 2. The fraction of sp³-hybridized carbons (Fsp3) is 0.125. The smallest absolute Gasteiger partial charge is 0.270 e. The molecule has 0 spiro atoms. The van der Waals surface area contributed by atoms with Gasteiger partial charge >= 0.3 is 0 Å². The van der Waals surface area contributed by atoms with E-state index in [-0.39, 0.29) is 12.2 Å². The van der Waals surface area contributed by atoms with Gasteiger partial charge in [0.2, 0.25) is 0 Å². The highest BCUT2D eigenvalue weighted by Gasteiger charge is 2.36. The molecule has 0 N–H and O–H groups in total. The molecule has 2 aromatic carbocycles. The van der Waals surface area contributed by atoms with Crippen molar-refractivity contribution >= 4 is 17.5 Å². The van der Waals surface area contributed by atoms with Crippen LogP contribution in [0.2, 0.25) is 0 Å². The lowest BCUT2D eigenvalue weighted by molar-refractivity contribution is -0.385. The SMILES string of the molecule is Cc1cccc([N+](=O)[O-])c1CN1C(=O)c2ccccc2C1=O. The van der Waals surface area contributed by atoms with E-state index in [1.807, 2.05) is 0 Å². The maximum atomic E-state index is 12.3. The van der Waals surface area contributed by atoms with E-state index in [1.54, 1.807) is 43.3 Å². The van der Waals surface area contributed by atoms with Gasteiger partial charge in [0.25, 0.3) is 17.5 Å². The van der Waals surface area contributed by atoms with E-state index in [2.05, 4.69) is 0 Å². The summed E-state index contributed by atoms with van der Waals surface area (Å²) >= 11 is 0. The number of imide groups is 1. The molecule has 3 rings (SSSR count). The maximum absolute atomic E-state index is 12.3. The Morgan fingerprint density at radius 2 is 1.59 bits per heavy atom. The third-order valence-electron chi connectivity index (χ3n) is 3.78. The van der Waals surface area contributed by atoms with E-state index in [4.69, 9.17) is 0 Å². The molecule has 0 saturated heterocycles. The molecule has 0 unspecified atom stereocenters. The van der Waals surface area contributed by atoms with Crippen molar-refractivity contribution in [3.63, 3.8) is 0 Å². The predicted molar refractivity (Wildman–Crippen MR) is 78.5 cm³/mol. The highest BCUT2D eigenvalue weighted by Crippen LogP contribution is 2.28. The summed E-state index contributed by atoms with van der Waals surface area (Å²) in [5.41, 5.74) is 1.64. The van der Waals surface area contributed by atoms with Gasteiger partial charge in [0.05, 0.1) is 28.2 Å². The number of nitro benzene ring substituents is 1. The van der Waals surface area contributed by atoms with Crippen LogP contribution in [0, 0.1) is 17.0 Å². The Morgan fingerprint density at radius 1 is 1.00 bits per heavy atom. The first kappa shape index (κ1) is 13.9. The second kappa shape index (κ2) is 5.07. The van der Waals surface area contributed by atoms with Crippen LogP contribution in [0.3, 0.4) is 0 Å². The number of rotatable bonds is 3. The van der Waals surface area contributed by atoms with Crippen molar-refractivity contribution in [2.24, 2.45) is 0 Å². The molecule has 0 atom stereocenters. The lowest BCUT2D eigenvalue weighted by atomic mass is 10.1. The number of benzene rings is 2. The molecule has 0 saturated carbocycles. The van der Waals surface area contributed by atoms with Crippen LogP contribution in [0.5, 0.6) is 0 Å². The lowest BCUT2D eigenvalue weighted by Gasteiger charge is -2.15. The Hall–Kier alpha value is -3.02. The van der Waals surface area contributed by atoms with Crippen LogP contribution in [0.15, 0.2) is 42.5 Å². The molecule has 1 aliphatic rings. The third-order valence-corrected chi connectivity index (χ3v) is 3.78. The van der Waals surface area contributed by atoms with E-state index in [0.717, 1.165) is 4.90 Å². The van der Waals surface area contributed by atoms with Gasteiger partial charge in [0.1, 0.15) is 0 Å². The van der Waals surface area contributed by atoms with Crippen molar-refractivity contribution in [3.8, 4) is 0 Å². The van der Waals surface area contributed by atoms with E-state index < -0.39 is 16.7 Å². The van der Waals surface area contributed by atoms with Crippen molar-refractivity contribution in [2.75, 3.05) is 0 Å². The minimum atomic E-state index is -0.500. The van der Waals surface area contributed by atoms with E-state index >= 15 is 0 Å². The number of nitrogens with zero attached hydrogens (tertiary/aromatic N) is 2. The molecule has 0 radical (unpaired) electrons. The van der Waals surface area contributed by atoms with Crippen LogP contribution < -0.4 is 0 Å². The molecule has 1 heterocycles. The molecule has 22 heavy (non-hydrogen) atoms. The van der Waals surface area contributed by atoms with Crippen molar-refractivity contribution in [3.05, 3.63) is 74.8 Å². The van der Waals surface area contributed by atoms with Crippen LogP contribution >= 0.6 is 0 Å². The van der Waals surface area contributed by atoms with Crippen LogP contribution in [-0.2, 0) is 6.54 Å². The Morgan fingerprint density at radius 3 is 2.14 bits per heavy atom. The first-order valence-corrected chi connectivity index (χ1v) is 6.69. The Labute approximate surface area is 126 Å². The summed E-state index contributed by atoms with van der Waals surface area (Å²) < 4.78 is 0. The van der Waals surface area contributed by atoms with Gasteiger partial charge in [-0.25, -0.2) is 0 Å². The molecule has 0 aromatic heterocycles. The van der Waals surface area contributed by atoms with Crippen molar-refractivity contribution < 1.29 is 14.5 Å². The summed E-state index contributed by atoms with van der Waals surface area (Å²) in [5.74, 6) is -0.837. The number of nitro groups is 1. The second-order valence-electron chi connectivity index (χ2n) is 5.07. The zero-order valence-electron chi connectivity index (χ0n) is 11.8. The Bertz CT molecular complexity index is 779. The zero-order valence-corrected chi connectivity index (χ0v) is 11.8. The molecule has 2 amide bonds. The lowest BCUT2D eigenvalue weighted by Crippen LogP contribution is -2.29. The van der Waals surface area contributed by atoms with Crippen molar-refractivity contribution in [2.45, 2.75) is 13.5 Å². The van der Waals surface area contributed by atoms with Gasteiger partial charge in [-0.2, -0.15) is 0 Å². The molecule has 0 fully saturated rings. The van der Waals surface area contributed by atoms with Crippen LogP contribution in [0.25, 0.3) is 0 Å². The van der Waals surface area contributed by atoms with Crippen LogP contribution in [-0.4, -0.2) is 21.6 Å². The molecule has 0 aliphatic carbocycles. The van der Waals surface area contributed by atoms with Gasteiger partial charge < -0.3 is 0 Å². The monoisotopic (exact) mass is 296 g/mol. The van der Waals surface area contributed by atoms with Gasteiger partial charge in [0, 0.05) is 6.07 Å². The molecule has 110 valence electrons. The standard InChI is InChI=1S/C16H12N2O4/c1-10-5-4-8-14(18(21)22)13(10)9-17-15(19)11-6-2-3-7-12(11)16(17)20/h2-8H,9H2,1H3. The fourth-order valence-electron chi connectivity index (χ4n) is 2.60. The van der Waals surface area contributed by atoms with Crippen molar-refractivity contribution in [1.82, 2.24) is 4.90 Å². The number of carbonyl (C=O) groups excluding carboxylic acids is 2. The van der Waals surface area contributed by atoms with Gasteiger partial charge in [-0.05, 0) is 24.6 Å². The van der Waals surface area contributed by atoms with Gasteiger partial charge in [-0.15, -0.1) is 0 Å². The minimum Gasteiger partial charge on any atom is -0.270 e. The van der Waals surface area contributed by atoms with Gasteiger partial charge in [0.15, 0.2) is 0 Å². The number of hydrogen-bond acceptors (Lipinski definition) is 4. The fourth-order valence-corrected chi connectivity index (χ4v) is 2.60. The normalized spacial score (nSPS) is 13.4. The van der Waals surface area contributed by atoms with E-state index in [9.17, 15) is 19.7 Å². The average molecular weight is 296 g/mol. The maximum Gasteiger partial charge on any atom is 0.274 e. The quantitative estimate of drug-likeness (QED) is 0.495. The molecular weight excluding hydrogens is 284 g/mol. The van der Waals surface area contributed by atoms with Crippen LogP contribution in [0.1, 0.15) is 31.8 Å². The number of fused-ring (bicyclic) bond motifs is 1. The van der Waals surface area contributed by atoms with E-state index in [0.29, 0.717) is 22.3 Å². The van der Waals surface area contributed by atoms with Crippen LogP contribution in [0.4, 0.5) is 5.69 Å².